The van der Waals surface area contributed by atoms with E-state index in [1.807, 2.05) is 45.0 Å². The Morgan fingerprint density at radius 3 is 2.15 bits per heavy atom. The summed E-state index contributed by atoms with van der Waals surface area (Å²) >= 11 is 0. The van der Waals surface area contributed by atoms with Gasteiger partial charge in [0, 0.05) is 0 Å². The van der Waals surface area contributed by atoms with E-state index < -0.39 is 6.10 Å². The molecule has 2 aromatic rings. The molecule has 0 aromatic heterocycles. The van der Waals surface area contributed by atoms with Gasteiger partial charge in [0.25, 0.3) is 0 Å². The summed E-state index contributed by atoms with van der Waals surface area (Å²) in [5.74, 6) is 0.499. The maximum absolute atomic E-state index is 13.3. The lowest BCUT2D eigenvalue weighted by Crippen LogP contribution is -2.05. The van der Waals surface area contributed by atoms with Gasteiger partial charge in [-0.15, -0.1) is 0 Å². The Hall–Kier alpha value is -1.87. The average Bonchev–Trinajstić information content (AvgIpc) is 2.38. The van der Waals surface area contributed by atoms with Crippen molar-refractivity contribution in [2.24, 2.45) is 0 Å². The molecular formula is C17H19FO2. The largest absolute Gasteiger partial charge is 0.494 e. The maximum atomic E-state index is 13.3. The number of rotatable bonds is 4. The molecule has 2 aromatic carbocycles. The zero-order valence-electron chi connectivity index (χ0n) is 12.0. The predicted molar refractivity (Wildman–Crippen MR) is 77.5 cm³/mol. The molecule has 0 aliphatic rings. The molecule has 0 bridgehead atoms. The molecule has 0 heterocycles. The molecule has 0 aliphatic carbocycles. The van der Waals surface area contributed by atoms with Crippen molar-refractivity contribution in [3.05, 3.63) is 64.5 Å². The van der Waals surface area contributed by atoms with Crippen LogP contribution in [0.5, 0.6) is 5.75 Å². The summed E-state index contributed by atoms with van der Waals surface area (Å²) in [5.41, 5.74) is 3.04. The summed E-state index contributed by atoms with van der Waals surface area (Å²) < 4.78 is 18.7. The minimum absolute atomic E-state index is 0.275. The first-order valence-electron chi connectivity index (χ1n) is 6.70. The van der Waals surface area contributed by atoms with E-state index >= 15 is 0 Å². The van der Waals surface area contributed by atoms with Crippen LogP contribution in [-0.4, -0.2) is 11.7 Å². The van der Waals surface area contributed by atoms with Crippen molar-refractivity contribution in [3.8, 4) is 5.75 Å². The van der Waals surface area contributed by atoms with Crippen LogP contribution >= 0.6 is 0 Å². The Balaban J connectivity index is 2.33. The van der Waals surface area contributed by atoms with E-state index in [1.165, 1.54) is 12.1 Å². The lowest BCUT2D eigenvalue weighted by molar-refractivity contribution is 0.218. The monoisotopic (exact) mass is 274 g/mol. The van der Waals surface area contributed by atoms with Gasteiger partial charge in [-0.05, 0) is 67.3 Å². The SMILES string of the molecule is CCOc1ccc(C(O)c2c(C)cc(F)cc2C)cc1. The molecule has 20 heavy (non-hydrogen) atoms. The maximum Gasteiger partial charge on any atom is 0.123 e. The third-order valence-electron chi connectivity index (χ3n) is 3.34. The van der Waals surface area contributed by atoms with Crippen LogP contribution in [0.4, 0.5) is 4.39 Å². The molecule has 106 valence electrons. The fraction of sp³-hybridized carbons (Fsp3) is 0.294. The van der Waals surface area contributed by atoms with Crippen molar-refractivity contribution >= 4 is 0 Å². The van der Waals surface area contributed by atoms with Gasteiger partial charge in [-0.1, -0.05) is 12.1 Å². The van der Waals surface area contributed by atoms with Gasteiger partial charge in [0.15, 0.2) is 0 Å². The number of aryl methyl sites for hydroxylation is 2. The Kier molecular flexibility index (Phi) is 4.40. The van der Waals surface area contributed by atoms with Gasteiger partial charge >= 0.3 is 0 Å². The number of benzene rings is 2. The highest BCUT2D eigenvalue weighted by atomic mass is 19.1. The molecule has 0 aliphatic heterocycles. The van der Waals surface area contributed by atoms with Crippen LogP contribution in [0.3, 0.4) is 0 Å². The van der Waals surface area contributed by atoms with Crippen molar-refractivity contribution in [2.75, 3.05) is 6.61 Å². The Morgan fingerprint density at radius 2 is 1.65 bits per heavy atom. The van der Waals surface area contributed by atoms with E-state index in [0.29, 0.717) is 6.61 Å². The normalized spacial score (nSPS) is 12.2. The lowest BCUT2D eigenvalue weighted by atomic mass is 9.93. The van der Waals surface area contributed by atoms with Crippen molar-refractivity contribution in [3.63, 3.8) is 0 Å². The van der Waals surface area contributed by atoms with Crippen LogP contribution in [0.25, 0.3) is 0 Å². The van der Waals surface area contributed by atoms with E-state index in [9.17, 15) is 9.50 Å². The topological polar surface area (TPSA) is 29.5 Å². The average molecular weight is 274 g/mol. The second-order valence-corrected chi connectivity index (χ2v) is 4.86. The molecule has 0 saturated heterocycles. The summed E-state index contributed by atoms with van der Waals surface area (Å²) in [4.78, 5) is 0. The Morgan fingerprint density at radius 1 is 1.10 bits per heavy atom. The molecule has 1 unspecified atom stereocenters. The summed E-state index contributed by atoms with van der Waals surface area (Å²) in [6, 6.07) is 10.2. The molecule has 0 saturated carbocycles. The van der Waals surface area contributed by atoms with E-state index in [1.54, 1.807) is 0 Å². The number of halogens is 1. The molecule has 0 amide bonds. The van der Waals surface area contributed by atoms with Crippen molar-refractivity contribution in [1.82, 2.24) is 0 Å². The summed E-state index contributed by atoms with van der Waals surface area (Å²) in [6.45, 7) is 6.15. The number of hydrogen-bond donors (Lipinski definition) is 1. The van der Waals surface area contributed by atoms with Gasteiger partial charge in [-0.25, -0.2) is 4.39 Å². The third-order valence-corrected chi connectivity index (χ3v) is 3.34. The highest BCUT2D eigenvalue weighted by Crippen LogP contribution is 2.29. The van der Waals surface area contributed by atoms with Gasteiger partial charge in [-0.2, -0.15) is 0 Å². The minimum Gasteiger partial charge on any atom is -0.494 e. The summed E-state index contributed by atoms with van der Waals surface area (Å²) in [6.07, 6.45) is -0.758. The summed E-state index contributed by atoms with van der Waals surface area (Å²) in [5, 5.41) is 10.5. The first kappa shape index (κ1) is 14.5. The fourth-order valence-corrected chi connectivity index (χ4v) is 2.43. The molecule has 1 atom stereocenters. The zero-order valence-corrected chi connectivity index (χ0v) is 12.0. The fourth-order valence-electron chi connectivity index (χ4n) is 2.43. The van der Waals surface area contributed by atoms with Crippen LogP contribution in [0.15, 0.2) is 36.4 Å². The van der Waals surface area contributed by atoms with Gasteiger partial charge in [-0.3, -0.25) is 0 Å². The lowest BCUT2D eigenvalue weighted by Gasteiger charge is -2.17. The van der Waals surface area contributed by atoms with Crippen molar-refractivity contribution < 1.29 is 14.2 Å². The van der Waals surface area contributed by atoms with E-state index in [0.717, 1.165) is 28.0 Å². The van der Waals surface area contributed by atoms with Gasteiger partial charge in [0.05, 0.1) is 6.61 Å². The standard InChI is InChI=1S/C17H19FO2/c1-4-20-15-7-5-13(6-8-15)17(19)16-11(2)9-14(18)10-12(16)3/h5-10,17,19H,4H2,1-3H3. The second kappa shape index (κ2) is 6.06. The smallest absolute Gasteiger partial charge is 0.123 e. The first-order chi connectivity index (χ1) is 9.52. The third kappa shape index (κ3) is 2.99. The van der Waals surface area contributed by atoms with E-state index in [4.69, 9.17) is 4.74 Å². The molecule has 0 radical (unpaired) electrons. The number of ether oxygens (including phenoxy) is 1. The number of aliphatic hydroxyl groups is 1. The number of aliphatic hydroxyl groups excluding tert-OH is 1. The predicted octanol–water partition coefficient (Wildman–Crippen LogP) is 3.92. The zero-order chi connectivity index (χ0) is 14.7. The van der Waals surface area contributed by atoms with Crippen LogP contribution in [-0.2, 0) is 0 Å². The Labute approximate surface area is 118 Å². The van der Waals surface area contributed by atoms with E-state index in [2.05, 4.69) is 0 Å². The molecule has 2 nitrogen and oxygen atoms in total. The molecule has 3 heteroatoms. The van der Waals surface area contributed by atoms with E-state index in [-0.39, 0.29) is 5.82 Å². The van der Waals surface area contributed by atoms with Crippen LogP contribution in [0.2, 0.25) is 0 Å². The van der Waals surface area contributed by atoms with Crippen LogP contribution in [0, 0.1) is 19.7 Å². The molecule has 0 spiro atoms. The van der Waals surface area contributed by atoms with Gasteiger partial charge in [0.2, 0.25) is 0 Å². The van der Waals surface area contributed by atoms with Crippen LogP contribution in [0.1, 0.15) is 35.3 Å². The molecule has 2 rings (SSSR count). The molecule has 0 fully saturated rings. The first-order valence-corrected chi connectivity index (χ1v) is 6.70. The van der Waals surface area contributed by atoms with Gasteiger partial charge in [0.1, 0.15) is 17.7 Å². The van der Waals surface area contributed by atoms with Crippen molar-refractivity contribution in [1.29, 1.82) is 0 Å². The summed E-state index contributed by atoms with van der Waals surface area (Å²) in [7, 11) is 0. The van der Waals surface area contributed by atoms with Crippen LogP contribution < -0.4 is 4.74 Å². The quantitative estimate of drug-likeness (QED) is 0.915. The highest BCUT2D eigenvalue weighted by Gasteiger charge is 2.16. The Bertz CT molecular complexity index is 567. The van der Waals surface area contributed by atoms with Gasteiger partial charge < -0.3 is 9.84 Å². The number of hydrogen-bond acceptors (Lipinski definition) is 2. The highest BCUT2D eigenvalue weighted by molar-refractivity contribution is 5.42. The second-order valence-electron chi connectivity index (χ2n) is 4.86. The minimum atomic E-state index is -0.758. The molecular weight excluding hydrogens is 255 g/mol. The van der Waals surface area contributed by atoms with Crippen molar-refractivity contribution in [2.45, 2.75) is 26.9 Å². The molecule has 1 N–H and O–H groups in total.